The van der Waals surface area contributed by atoms with E-state index in [2.05, 4.69) is 10.3 Å². The largest absolute Gasteiger partial charge is 0.478 e. The van der Waals surface area contributed by atoms with Gasteiger partial charge in [0, 0.05) is 23.6 Å². The minimum absolute atomic E-state index is 0.0353. The lowest BCUT2D eigenvalue weighted by Crippen LogP contribution is -2.26. The van der Waals surface area contributed by atoms with Gasteiger partial charge < -0.3 is 10.1 Å². The lowest BCUT2D eigenvalue weighted by Gasteiger charge is -2.11. The highest BCUT2D eigenvalue weighted by Crippen LogP contribution is 2.24. The zero-order valence-electron chi connectivity index (χ0n) is 12.4. The molecule has 1 aliphatic rings. The Morgan fingerprint density at radius 3 is 3.05 bits per heavy atom. The van der Waals surface area contributed by atoms with Crippen LogP contribution < -0.4 is 10.1 Å². The van der Waals surface area contributed by atoms with Crippen molar-refractivity contribution in [3.63, 3.8) is 0 Å². The summed E-state index contributed by atoms with van der Waals surface area (Å²) in [7, 11) is -2.89. The quantitative estimate of drug-likeness (QED) is 0.795. The lowest BCUT2D eigenvalue weighted by atomic mass is 10.2. The molecule has 22 heavy (non-hydrogen) atoms. The van der Waals surface area contributed by atoms with Crippen LogP contribution in [0.2, 0.25) is 0 Å². The molecule has 2 rings (SSSR count). The van der Waals surface area contributed by atoms with Crippen LogP contribution in [-0.4, -0.2) is 48.4 Å². The van der Waals surface area contributed by atoms with E-state index in [1.54, 1.807) is 12.3 Å². The average Bonchev–Trinajstić information content (AvgIpc) is 2.84. The van der Waals surface area contributed by atoms with E-state index in [1.807, 2.05) is 13.0 Å². The Bertz CT molecular complexity index is 619. The minimum Gasteiger partial charge on any atom is -0.478 e. The SMILES string of the molecule is CCOc1ncccc1CNC(=O)CS[C@@H]1CCS(=O)(=O)C1. The molecule has 8 heteroatoms. The monoisotopic (exact) mass is 344 g/mol. The van der Waals surface area contributed by atoms with Gasteiger partial charge in [-0.05, 0) is 19.4 Å². The van der Waals surface area contributed by atoms with Gasteiger partial charge in [0.2, 0.25) is 11.8 Å². The van der Waals surface area contributed by atoms with E-state index in [-0.39, 0.29) is 28.4 Å². The predicted octanol–water partition coefficient (Wildman–Crippen LogP) is 1.02. The number of nitrogens with zero attached hydrogens (tertiary/aromatic N) is 1. The average molecular weight is 344 g/mol. The third-order valence-corrected chi connectivity index (χ3v) is 6.53. The predicted molar refractivity (Wildman–Crippen MR) is 86.8 cm³/mol. The number of carbonyl (C=O) groups excluding carboxylic acids is 1. The third kappa shape index (κ3) is 5.17. The number of hydrogen-bond acceptors (Lipinski definition) is 6. The molecule has 1 fully saturated rings. The van der Waals surface area contributed by atoms with Crippen LogP contribution in [0.15, 0.2) is 18.3 Å². The van der Waals surface area contributed by atoms with Crippen molar-refractivity contribution in [2.45, 2.75) is 25.1 Å². The minimum atomic E-state index is -2.89. The zero-order chi connectivity index (χ0) is 16.0. The number of aromatic nitrogens is 1. The second kappa shape index (κ2) is 7.82. The lowest BCUT2D eigenvalue weighted by molar-refractivity contribution is -0.118. The second-order valence-electron chi connectivity index (χ2n) is 5.01. The van der Waals surface area contributed by atoms with E-state index in [1.165, 1.54) is 11.8 Å². The number of carbonyl (C=O) groups is 1. The van der Waals surface area contributed by atoms with E-state index >= 15 is 0 Å². The van der Waals surface area contributed by atoms with Crippen LogP contribution in [0, 0.1) is 0 Å². The van der Waals surface area contributed by atoms with Gasteiger partial charge in [0.05, 0.1) is 23.9 Å². The molecule has 0 spiro atoms. The number of amides is 1. The third-order valence-electron chi connectivity index (χ3n) is 3.25. The summed E-state index contributed by atoms with van der Waals surface area (Å²) in [5.74, 6) is 1.10. The highest BCUT2D eigenvalue weighted by Gasteiger charge is 2.28. The Hall–Kier alpha value is -1.28. The van der Waals surface area contributed by atoms with Crippen LogP contribution in [0.1, 0.15) is 18.9 Å². The maximum atomic E-state index is 11.9. The summed E-state index contributed by atoms with van der Waals surface area (Å²) < 4.78 is 28.1. The Labute approximate surface area is 135 Å². The van der Waals surface area contributed by atoms with Gasteiger partial charge in [-0.2, -0.15) is 0 Å². The van der Waals surface area contributed by atoms with Crippen molar-refractivity contribution >= 4 is 27.5 Å². The summed E-state index contributed by atoms with van der Waals surface area (Å²) >= 11 is 1.41. The molecule has 0 saturated carbocycles. The normalized spacial score (nSPS) is 19.8. The van der Waals surface area contributed by atoms with Crippen molar-refractivity contribution in [2.75, 3.05) is 23.9 Å². The molecule has 2 heterocycles. The molecule has 1 aromatic heterocycles. The fourth-order valence-electron chi connectivity index (χ4n) is 2.16. The number of sulfone groups is 1. The van der Waals surface area contributed by atoms with Crippen LogP contribution >= 0.6 is 11.8 Å². The molecule has 0 aliphatic carbocycles. The van der Waals surface area contributed by atoms with Gasteiger partial charge in [-0.1, -0.05) is 6.07 Å². The van der Waals surface area contributed by atoms with Crippen molar-refractivity contribution in [1.29, 1.82) is 0 Å². The molecular weight excluding hydrogens is 324 g/mol. The first-order valence-electron chi connectivity index (χ1n) is 7.15. The summed E-state index contributed by atoms with van der Waals surface area (Å²) in [5, 5.41) is 2.85. The first-order valence-corrected chi connectivity index (χ1v) is 10.0. The molecule has 122 valence electrons. The fourth-order valence-corrected chi connectivity index (χ4v) is 5.63. The summed E-state index contributed by atoms with van der Waals surface area (Å²) in [4.78, 5) is 16.0. The summed E-state index contributed by atoms with van der Waals surface area (Å²) in [6.07, 6.45) is 2.28. The van der Waals surface area contributed by atoms with Crippen molar-refractivity contribution in [2.24, 2.45) is 0 Å². The van der Waals surface area contributed by atoms with Gasteiger partial charge >= 0.3 is 0 Å². The summed E-state index contributed by atoms with van der Waals surface area (Å²) in [6, 6.07) is 3.65. The molecule has 0 unspecified atom stereocenters. The maximum Gasteiger partial charge on any atom is 0.230 e. The van der Waals surface area contributed by atoms with Crippen LogP contribution in [0.4, 0.5) is 0 Å². The zero-order valence-corrected chi connectivity index (χ0v) is 14.1. The number of nitrogens with one attached hydrogen (secondary N) is 1. The maximum absolute atomic E-state index is 11.9. The van der Waals surface area contributed by atoms with E-state index in [4.69, 9.17) is 4.74 Å². The first kappa shape index (κ1) is 17.1. The van der Waals surface area contributed by atoms with Gasteiger partial charge in [-0.3, -0.25) is 4.79 Å². The molecule has 0 radical (unpaired) electrons. The van der Waals surface area contributed by atoms with Crippen LogP contribution in [0.5, 0.6) is 5.88 Å². The van der Waals surface area contributed by atoms with Crippen molar-refractivity contribution in [3.05, 3.63) is 23.9 Å². The second-order valence-corrected chi connectivity index (χ2v) is 8.53. The highest BCUT2D eigenvalue weighted by molar-refractivity contribution is 8.02. The number of hydrogen-bond donors (Lipinski definition) is 1. The molecule has 0 aromatic carbocycles. The number of thioether (sulfide) groups is 1. The van der Waals surface area contributed by atoms with E-state index in [0.29, 0.717) is 25.5 Å². The molecule has 1 amide bonds. The molecule has 0 bridgehead atoms. The highest BCUT2D eigenvalue weighted by atomic mass is 32.2. The topological polar surface area (TPSA) is 85.4 Å². The number of rotatable bonds is 7. The van der Waals surface area contributed by atoms with Crippen LogP contribution in [0.25, 0.3) is 0 Å². The molecule has 6 nitrogen and oxygen atoms in total. The number of pyridine rings is 1. The van der Waals surface area contributed by atoms with Crippen LogP contribution in [0.3, 0.4) is 0 Å². The summed E-state index contributed by atoms with van der Waals surface area (Å²) in [6.45, 7) is 2.75. The molecule has 1 aromatic rings. The van der Waals surface area contributed by atoms with E-state index < -0.39 is 9.84 Å². The molecule has 1 N–H and O–H groups in total. The van der Waals surface area contributed by atoms with Gasteiger partial charge in [0.1, 0.15) is 0 Å². The Morgan fingerprint density at radius 1 is 1.55 bits per heavy atom. The molecule has 1 saturated heterocycles. The van der Waals surface area contributed by atoms with Crippen molar-refractivity contribution < 1.29 is 17.9 Å². The molecular formula is C14H20N2O4S2. The van der Waals surface area contributed by atoms with Gasteiger partial charge in [0.15, 0.2) is 9.84 Å². The Kier molecular flexibility index (Phi) is 6.07. The van der Waals surface area contributed by atoms with Gasteiger partial charge in [-0.25, -0.2) is 13.4 Å². The smallest absolute Gasteiger partial charge is 0.230 e. The standard InChI is InChI=1S/C14H20N2O4S2/c1-2-20-14-11(4-3-6-15-14)8-16-13(17)9-21-12-5-7-22(18,19)10-12/h3-4,6,12H,2,5,7-10H2,1H3,(H,16,17)/t12-/m1/s1. The van der Waals surface area contributed by atoms with E-state index in [0.717, 1.165) is 5.56 Å². The fraction of sp³-hybridized carbons (Fsp3) is 0.571. The van der Waals surface area contributed by atoms with Crippen molar-refractivity contribution in [3.8, 4) is 5.88 Å². The first-order chi connectivity index (χ1) is 10.5. The Balaban J connectivity index is 1.76. The van der Waals surface area contributed by atoms with Gasteiger partial charge in [-0.15, -0.1) is 11.8 Å². The molecule has 1 atom stereocenters. The van der Waals surface area contributed by atoms with Crippen LogP contribution in [-0.2, 0) is 21.2 Å². The van der Waals surface area contributed by atoms with Crippen molar-refractivity contribution in [1.82, 2.24) is 10.3 Å². The number of ether oxygens (including phenoxy) is 1. The van der Waals surface area contributed by atoms with E-state index in [9.17, 15) is 13.2 Å². The van der Waals surface area contributed by atoms with Gasteiger partial charge in [0.25, 0.3) is 0 Å². The Morgan fingerprint density at radius 2 is 2.36 bits per heavy atom. The molecule has 1 aliphatic heterocycles. The summed E-state index contributed by atoms with van der Waals surface area (Å²) in [5.41, 5.74) is 0.825.